The largest absolute Gasteiger partial charge is 0.513 e. The lowest BCUT2D eigenvalue weighted by molar-refractivity contribution is 0.120. The first-order valence-corrected chi connectivity index (χ1v) is 7.47. The fourth-order valence-corrected chi connectivity index (χ4v) is 2.33. The molecular weight excluding hydrogens is 292 g/mol. The van der Waals surface area contributed by atoms with Gasteiger partial charge >= 0.3 is 6.16 Å². The summed E-state index contributed by atoms with van der Waals surface area (Å²) in [6.45, 7) is 8.43. The third-order valence-electron chi connectivity index (χ3n) is 3.89. The van der Waals surface area contributed by atoms with Gasteiger partial charge in [-0.25, -0.2) is 4.79 Å². The van der Waals surface area contributed by atoms with Gasteiger partial charge in [0.15, 0.2) is 0 Å². The predicted octanol–water partition coefficient (Wildman–Crippen LogP) is 4.64. The number of carbonyl (C=O) groups is 1. The maximum Gasteiger partial charge on any atom is 0.513 e. The van der Waals surface area contributed by atoms with Gasteiger partial charge in [0.05, 0.1) is 7.11 Å². The Kier molecular flexibility index (Phi) is 5.27. The highest BCUT2D eigenvalue weighted by atomic mass is 16.7. The minimum atomic E-state index is -0.737. The van der Waals surface area contributed by atoms with Gasteiger partial charge in [0, 0.05) is 5.56 Å². The third kappa shape index (κ3) is 4.03. The minimum Gasteiger partial charge on any atom is -0.488 e. The van der Waals surface area contributed by atoms with Crippen LogP contribution in [0.4, 0.5) is 4.79 Å². The fourth-order valence-electron chi connectivity index (χ4n) is 2.33. The standard InChI is InChI=1S/C19H22O4/c1-12-7-6-8-17(23-19(20)21-5)16(12)11-22-18-10-14(3)13(2)9-15(18)4/h6-10H,11H2,1-5H3. The Morgan fingerprint density at radius 2 is 1.61 bits per heavy atom. The topological polar surface area (TPSA) is 44.8 Å². The van der Waals surface area contributed by atoms with Crippen molar-refractivity contribution in [1.82, 2.24) is 0 Å². The molecule has 4 heteroatoms. The molecule has 0 heterocycles. The second-order valence-corrected chi connectivity index (χ2v) is 5.60. The fraction of sp³-hybridized carbons (Fsp3) is 0.316. The first-order chi connectivity index (χ1) is 10.9. The van der Waals surface area contributed by atoms with E-state index in [1.54, 1.807) is 6.07 Å². The van der Waals surface area contributed by atoms with Crippen molar-refractivity contribution >= 4 is 6.16 Å². The Balaban J connectivity index is 2.23. The normalized spacial score (nSPS) is 10.3. The van der Waals surface area contributed by atoms with Crippen molar-refractivity contribution in [3.63, 3.8) is 0 Å². The predicted molar refractivity (Wildman–Crippen MR) is 89.2 cm³/mol. The van der Waals surface area contributed by atoms with Crippen LogP contribution in [-0.2, 0) is 11.3 Å². The van der Waals surface area contributed by atoms with E-state index < -0.39 is 6.16 Å². The number of rotatable bonds is 4. The van der Waals surface area contributed by atoms with Crippen molar-refractivity contribution < 1.29 is 19.0 Å². The van der Waals surface area contributed by atoms with Crippen LogP contribution < -0.4 is 9.47 Å². The van der Waals surface area contributed by atoms with Crippen molar-refractivity contribution in [1.29, 1.82) is 0 Å². The molecule has 2 rings (SSSR count). The Bertz CT molecular complexity index is 720. The number of hydrogen-bond donors (Lipinski definition) is 0. The molecule has 0 aromatic heterocycles. The van der Waals surface area contributed by atoms with E-state index in [9.17, 15) is 4.79 Å². The Morgan fingerprint density at radius 1 is 0.913 bits per heavy atom. The van der Waals surface area contributed by atoms with E-state index in [4.69, 9.17) is 9.47 Å². The average Bonchev–Trinajstić information content (AvgIpc) is 2.51. The maximum atomic E-state index is 11.4. The van der Waals surface area contributed by atoms with Crippen LogP contribution in [0, 0.1) is 27.7 Å². The maximum absolute atomic E-state index is 11.4. The van der Waals surface area contributed by atoms with E-state index in [2.05, 4.69) is 24.7 Å². The molecular formula is C19H22O4. The molecule has 0 amide bonds. The molecule has 4 nitrogen and oxygen atoms in total. The SMILES string of the molecule is COC(=O)Oc1cccc(C)c1COc1cc(C)c(C)cc1C. The molecule has 0 unspecified atom stereocenters. The van der Waals surface area contributed by atoms with Crippen molar-refractivity contribution in [3.05, 3.63) is 58.1 Å². The van der Waals surface area contributed by atoms with Crippen molar-refractivity contribution in [2.24, 2.45) is 0 Å². The van der Waals surface area contributed by atoms with E-state index >= 15 is 0 Å². The molecule has 0 fully saturated rings. The zero-order chi connectivity index (χ0) is 17.0. The number of carbonyl (C=O) groups excluding carboxylic acids is 1. The average molecular weight is 314 g/mol. The molecule has 2 aromatic rings. The Labute approximate surface area is 137 Å². The van der Waals surface area contributed by atoms with Crippen molar-refractivity contribution in [3.8, 4) is 11.5 Å². The summed E-state index contributed by atoms with van der Waals surface area (Å²) in [4.78, 5) is 11.4. The number of aryl methyl sites for hydroxylation is 4. The summed E-state index contributed by atoms with van der Waals surface area (Å²) in [5, 5.41) is 0. The summed E-state index contributed by atoms with van der Waals surface area (Å²) < 4.78 is 15.7. The van der Waals surface area contributed by atoms with E-state index in [1.165, 1.54) is 18.2 Å². The summed E-state index contributed by atoms with van der Waals surface area (Å²) >= 11 is 0. The van der Waals surface area contributed by atoms with Gasteiger partial charge in [0.2, 0.25) is 0 Å². The molecule has 122 valence electrons. The molecule has 0 bridgehead atoms. The molecule has 0 aliphatic carbocycles. The molecule has 0 saturated carbocycles. The van der Waals surface area contributed by atoms with E-state index in [0.717, 1.165) is 22.4 Å². The number of hydrogen-bond acceptors (Lipinski definition) is 4. The lowest BCUT2D eigenvalue weighted by Crippen LogP contribution is -2.10. The van der Waals surface area contributed by atoms with Crippen LogP contribution in [-0.4, -0.2) is 13.3 Å². The summed E-state index contributed by atoms with van der Waals surface area (Å²) in [6, 6.07) is 9.66. The molecule has 0 N–H and O–H groups in total. The van der Waals surface area contributed by atoms with Gasteiger partial charge in [-0.1, -0.05) is 18.2 Å². The highest BCUT2D eigenvalue weighted by molar-refractivity contribution is 5.64. The zero-order valence-corrected chi connectivity index (χ0v) is 14.2. The Hall–Kier alpha value is -2.49. The van der Waals surface area contributed by atoms with Gasteiger partial charge < -0.3 is 14.2 Å². The summed E-state index contributed by atoms with van der Waals surface area (Å²) in [5.74, 6) is 1.29. The molecule has 0 aliphatic rings. The zero-order valence-electron chi connectivity index (χ0n) is 14.2. The smallest absolute Gasteiger partial charge is 0.488 e. The molecule has 23 heavy (non-hydrogen) atoms. The minimum absolute atomic E-state index is 0.322. The monoisotopic (exact) mass is 314 g/mol. The lowest BCUT2D eigenvalue weighted by atomic mass is 10.1. The highest BCUT2D eigenvalue weighted by Crippen LogP contribution is 2.27. The van der Waals surface area contributed by atoms with Crippen LogP contribution in [0.3, 0.4) is 0 Å². The first kappa shape index (κ1) is 16.9. The van der Waals surface area contributed by atoms with Gasteiger partial charge in [0.1, 0.15) is 18.1 Å². The second kappa shape index (κ2) is 7.18. The van der Waals surface area contributed by atoms with E-state index in [-0.39, 0.29) is 0 Å². The molecule has 0 spiro atoms. The molecule has 0 aliphatic heterocycles. The van der Waals surface area contributed by atoms with Crippen LogP contribution in [0.1, 0.15) is 27.8 Å². The number of methoxy groups -OCH3 is 1. The van der Waals surface area contributed by atoms with Crippen molar-refractivity contribution in [2.75, 3.05) is 7.11 Å². The molecule has 0 radical (unpaired) electrons. The van der Waals surface area contributed by atoms with E-state index in [0.29, 0.717) is 12.4 Å². The molecule has 0 atom stereocenters. The van der Waals surface area contributed by atoms with Crippen molar-refractivity contribution in [2.45, 2.75) is 34.3 Å². The third-order valence-corrected chi connectivity index (χ3v) is 3.89. The van der Waals surface area contributed by atoms with E-state index in [1.807, 2.05) is 32.0 Å². The van der Waals surface area contributed by atoms with Gasteiger partial charge in [-0.3, -0.25) is 0 Å². The van der Waals surface area contributed by atoms with Gasteiger partial charge in [-0.2, -0.15) is 0 Å². The van der Waals surface area contributed by atoms with Crippen LogP contribution in [0.5, 0.6) is 11.5 Å². The summed E-state index contributed by atoms with van der Waals surface area (Å²) in [7, 11) is 1.28. The van der Waals surface area contributed by atoms with Crippen LogP contribution in [0.2, 0.25) is 0 Å². The van der Waals surface area contributed by atoms with Gasteiger partial charge in [0.25, 0.3) is 0 Å². The van der Waals surface area contributed by atoms with Crippen LogP contribution >= 0.6 is 0 Å². The summed E-state index contributed by atoms with van der Waals surface area (Å²) in [5.41, 5.74) is 5.32. The van der Waals surface area contributed by atoms with Gasteiger partial charge in [-0.15, -0.1) is 0 Å². The Morgan fingerprint density at radius 3 is 2.30 bits per heavy atom. The highest BCUT2D eigenvalue weighted by Gasteiger charge is 2.13. The van der Waals surface area contributed by atoms with Crippen LogP contribution in [0.15, 0.2) is 30.3 Å². The number of ether oxygens (including phenoxy) is 3. The molecule has 0 saturated heterocycles. The first-order valence-electron chi connectivity index (χ1n) is 7.47. The second-order valence-electron chi connectivity index (χ2n) is 5.60. The number of benzene rings is 2. The molecule has 2 aromatic carbocycles. The van der Waals surface area contributed by atoms with Gasteiger partial charge in [-0.05, 0) is 62.1 Å². The van der Waals surface area contributed by atoms with Crippen LogP contribution in [0.25, 0.3) is 0 Å². The lowest BCUT2D eigenvalue weighted by Gasteiger charge is -2.15. The summed E-state index contributed by atoms with van der Waals surface area (Å²) in [6.07, 6.45) is -0.737. The quantitative estimate of drug-likeness (QED) is 0.609.